The third kappa shape index (κ3) is 4.17. The average molecular weight is 254 g/mol. The van der Waals surface area contributed by atoms with Gasteiger partial charge in [0.25, 0.3) is 0 Å². The number of nitrogens with one attached hydrogen (secondary N) is 2. The Bertz CT molecular complexity index is 416. The van der Waals surface area contributed by atoms with Crippen LogP contribution in [0.15, 0.2) is 12.4 Å². The average Bonchev–Trinajstić information content (AvgIpc) is 2.72. The fourth-order valence-electron chi connectivity index (χ4n) is 1.48. The molecule has 1 unspecified atom stereocenters. The van der Waals surface area contributed by atoms with Gasteiger partial charge in [-0.05, 0) is 0 Å². The van der Waals surface area contributed by atoms with Crippen molar-refractivity contribution in [1.82, 2.24) is 20.2 Å². The molecular formula is C11H18N4O3. The first-order chi connectivity index (χ1) is 8.54. The highest BCUT2D eigenvalue weighted by molar-refractivity contribution is 5.83. The summed E-state index contributed by atoms with van der Waals surface area (Å²) in [7, 11) is 3.17. The highest BCUT2D eigenvalue weighted by Crippen LogP contribution is 1.94. The molecule has 18 heavy (non-hydrogen) atoms. The molecule has 100 valence electrons. The van der Waals surface area contributed by atoms with Crippen molar-refractivity contribution in [3.05, 3.63) is 18.2 Å². The van der Waals surface area contributed by atoms with Crippen LogP contribution in [-0.4, -0.2) is 41.1 Å². The van der Waals surface area contributed by atoms with E-state index in [2.05, 4.69) is 20.4 Å². The number of hydrogen-bond donors (Lipinski definition) is 2. The summed E-state index contributed by atoms with van der Waals surface area (Å²) in [5.74, 6) is 0.100. The number of nitrogens with zero attached hydrogens (tertiary/aromatic N) is 2. The standard InChI is InChI=1S/C11H18N4O3/c1-8(16)14-9(11(17)18-3)6-12-7-10-13-4-5-15(10)2/h4-5,9,12H,6-7H2,1-3H3,(H,14,16). The number of imidazole rings is 1. The molecule has 1 aromatic rings. The molecule has 0 spiro atoms. The number of amides is 1. The van der Waals surface area contributed by atoms with Crippen LogP contribution in [0, 0.1) is 0 Å². The van der Waals surface area contributed by atoms with E-state index >= 15 is 0 Å². The molecule has 0 aliphatic heterocycles. The first-order valence-corrected chi connectivity index (χ1v) is 5.56. The number of methoxy groups -OCH3 is 1. The molecule has 1 amide bonds. The number of esters is 1. The Morgan fingerprint density at radius 3 is 2.78 bits per heavy atom. The van der Waals surface area contributed by atoms with Gasteiger partial charge in [0, 0.05) is 32.9 Å². The van der Waals surface area contributed by atoms with E-state index in [1.54, 1.807) is 6.20 Å². The van der Waals surface area contributed by atoms with Crippen molar-refractivity contribution >= 4 is 11.9 Å². The molecule has 0 aromatic carbocycles. The lowest BCUT2D eigenvalue weighted by Crippen LogP contribution is -2.47. The van der Waals surface area contributed by atoms with Gasteiger partial charge < -0.3 is 19.9 Å². The quantitative estimate of drug-likeness (QED) is 0.648. The van der Waals surface area contributed by atoms with Gasteiger partial charge in [-0.3, -0.25) is 4.79 Å². The van der Waals surface area contributed by atoms with E-state index < -0.39 is 12.0 Å². The number of carbonyl (C=O) groups excluding carboxylic acids is 2. The van der Waals surface area contributed by atoms with Crippen LogP contribution < -0.4 is 10.6 Å². The minimum atomic E-state index is -0.687. The van der Waals surface area contributed by atoms with Crippen LogP contribution in [0.25, 0.3) is 0 Å². The van der Waals surface area contributed by atoms with E-state index in [-0.39, 0.29) is 5.91 Å². The summed E-state index contributed by atoms with van der Waals surface area (Å²) in [6.07, 6.45) is 3.53. The van der Waals surface area contributed by atoms with Crippen LogP contribution in [0.5, 0.6) is 0 Å². The third-order valence-corrected chi connectivity index (χ3v) is 2.42. The molecule has 0 saturated carbocycles. The van der Waals surface area contributed by atoms with Gasteiger partial charge in [0.05, 0.1) is 13.7 Å². The second-order valence-corrected chi connectivity index (χ2v) is 3.86. The number of aromatic nitrogens is 2. The van der Waals surface area contributed by atoms with Crippen molar-refractivity contribution in [2.75, 3.05) is 13.7 Å². The fourth-order valence-corrected chi connectivity index (χ4v) is 1.48. The Balaban J connectivity index is 2.44. The van der Waals surface area contributed by atoms with Gasteiger partial charge in [-0.25, -0.2) is 9.78 Å². The van der Waals surface area contributed by atoms with Gasteiger partial charge >= 0.3 is 5.97 Å². The SMILES string of the molecule is COC(=O)C(CNCc1nccn1C)NC(C)=O. The lowest BCUT2D eigenvalue weighted by Gasteiger charge is -2.15. The smallest absolute Gasteiger partial charge is 0.329 e. The second-order valence-electron chi connectivity index (χ2n) is 3.86. The van der Waals surface area contributed by atoms with Gasteiger partial charge in [-0.2, -0.15) is 0 Å². The van der Waals surface area contributed by atoms with Crippen molar-refractivity contribution in [3.63, 3.8) is 0 Å². The lowest BCUT2D eigenvalue weighted by molar-refractivity contribution is -0.144. The molecule has 0 aliphatic rings. The highest BCUT2D eigenvalue weighted by Gasteiger charge is 2.19. The van der Waals surface area contributed by atoms with E-state index in [1.807, 2.05) is 17.8 Å². The summed E-state index contributed by atoms with van der Waals surface area (Å²) >= 11 is 0. The Hall–Kier alpha value is -1.89. The molecule has 7 heteroatoms. The van der Waals surface area contributed by atoms with E-state index in [0.29, 0.717) is 13.1 Å². The van der Waals surface area contributed by atoms with Crippen LogP contribution in [0.3, 0.4) is 0 Å². The minimum Gasteiger partial charge on any atom is -0.467 e. The molecule has 1 rings (SSSR count). The Kier molecular flexibility index (Phi) is 5.31. The summed E-state index contributed by atoms with van der Waals surface area (Å²) in [4.78, 5) is 26.5. The van der Waals surface area contributed by atoms with Gasteiger partial charge in [-0.15, -0.1) is 0 Å². The van der Waals surface area contributed by atoms with E-state index in [4.69, 9.17) is 0 Å². The zero-order chi connectivity index (χ0) is 13.5. The molecule has 0 fully saturated rings. The molecular weight excluding hydrogens is 236 g/mol. The number of aryl methyl sites for hydroxylation is 1. The number of hydrogen-bond acceptors (Lipinski definition) is 5. The lowest BCUT2D eigenvalue weighted by atomic mass is 10.3. The fraction of sp³-hybridized carbons (Fsp3) is 0.545. The van der Waals surface area contributed by atoms with Crippen molar-refractivity contribution in [1.29, 1.82) is 0 Å². The highest BCUT2D eigenvalue weighted by atomic mass is 16.5. The summed E-state index contributed by atoms with van der Waals surface area (Å²) in [6.45, 7) is 2.16. The minimum absolute atomic E-state index is 0.274. The van der Waals surface area contributed by atoms with Crippen LogP contribution in [-0.2, 0) is 27.9 Å². The molecule has 1 heterocycles. The molecule has 0 bridgehead atoms. The van der Waals surface area contributed by atoms with Crippen LogP contribution in [0.4, 0.5) is 0 Å². The van der Waals surface area contributed by atoms with Gasteiger partial charge in [-0.1, -0.05) is 0 Å². The summed E-state index contributed by atoms with van der Waals surface area (Å²) in [5.41, 5.74) is 0. The largest absolute Gasteiger partial charge is 0.467 e. The van der Waals surface area contributed by atoms with Crippen molar-refractivity contribution in [2.45, 2.75) is 19.5 Å². The van der Waals surface area contributed by atoms with E-state index in [9.17, 15) is 9.59 Å². The predicted molar refractivity (Wildman–Crippen MR) is 64.5 cm³/mol. The summed E-state index contributed by atoms with van der Waals surface area (Å²) in [6, 6.07) is -0.687. The maximum atomic E-state index is 11.4. The number of ether oxygens (including phenoxy) is 1. The zero-order valence-corrected chi connectivity index (χ0v) is 10.8. The molecule has 1 aromatic heterocycles. The molecule has 1 atom stereocenters. The monoisotopic (exact) mass is 254 g/mol. The van der Waals surface area contributed by atoms with Crippen molar-refractivity contribution in [2.24, 2.45) is 7.05 Å². The third-order valence-electron chi connectivity index (χ3n) is 2.42. The predicted octanol–water partition coefficient (Wildman–Crippen LogP) is -0.813. The maximum absolute atomic E-state index is 11.4. The van der Waals surface area contributed by atoms with Crippen molar-refractivity contribution in [3.8, 4) is 0 Å². The molecule has 2 N–H and O–H groups in total. The molecule has 0 radical (unpaired) electrons. The molecule has 0 aliphatic carbocycles. The summed E-state index contributed by atoms with van der Waals surface area (Å²) < 4.78 is 6.48. The topological polar surface area (TPSA) is 85.2 Å². The first-order valence-electron chi connectivity index (χ1n) is 5.56. The molecule has 7 nitrogen and oxygen atoms in total. The summed E-state index contributed by atoms with van der Waals surface area (Å²) in [5, 5.41) is 5.57. The Morgan fingerprint density at radius 2 is 2.28 bits per heavy atom. The number of carbonyl (C=O) groups is 2. The van der Waals surface area contributed by atoms with Crippen molar-refractivity contribution < 1.29 is 14.3 Å². The normalized spacial score (nSPS) is 11.9. The maximum Gasteiger partial charge on any atom is 0.329 e. The van der Waals surface area contributed by atoms with Crippen LogP contribution in [0.1, 0.15) is 12.7 Å². The first kappa shape index (κ1) is 14.2. The van der Waals surface area contributed by atoms with Crippen LogP contribution >= 0.6 is 0 Å². The van der Waals surface area contributed by atoms with E-state index in [1.165, 1.54) is 14.0 Å². The van der Waals surface area contributed by atoms with E-state index in [0.717, 1.165) is 5.82 Å². The Morgan fingerprint density at radius 1 is 1.56 bits per heavy atom. The zero-order valence-electron chi connectivity index (χ0n) is 10.8. The molecule has 0 saturated heterocycles. The van der Waals surface area contributed by atoms with Crippen LogP contribution in [0.2, 0.25) is 0 Å². The van der Waals surface area contributed by atoms with Gasteiger partial charge in [0.1, 0.15) is 11.9 Å². The Labute approximate surface area is 106 Å². The van der Waals surface area contributed by atoms with Gasteiger partial charge in [0.2, 0.25) is 5.91 Å². The second kappa shape index (κ2) is 6.75. The van der Waals surface area contributed by atoms with Gasteiger partial charge in [0.15, 0.2) is 0 Å². The number of rotatable bonds is 6.